The molecule has 3 aromatic rings. The van der Waals surface area contributed by atoms with Crippen LogP contribution >= 0.6 is 0 Å². The number of rotatable bonds is 7. The summed E-state index contributed by atoms with van der Waals surface area (Å²) in [5.41, 5.74) is 7.49. The lowest BCUT2D eigenvalue weighted by molar-refractivity contribution is -0.137. The number of ketones is 1. The highest BCUT2D eigenvalue weighted by Crippen LogP contribution is 2.21. The van der Waals surface area contributed by atoms with Crippen LogP contribution in [0.2, 0.25) is 0 Å². The summed E-state index contributed by atoms with van der Waals surface area (Å²) in [5, 5.41) is 2.62. The van der Waals surface area contributed by atoms with E-state index in [0.29, 0.717) is 16.8 Å². The van der Waals surface area contributed by atoms with E-state index in [9.17, 15) is 14.4 Å². The molecule has 0 saturated heterocycles. The molecule has 0 aliphatic heterocycles. The molecule has 0 bridgehead atoms. The maximum Gasteiger partial charge on any atom is 0.287 e. The van der Waals surface area contributed by atoms with Gasteiger partial charge >= 0.3 is 0 Å². The smallest absolute Gasteiger partial charge is 0.287 e. The van der Waals surface area contributed by atoms with Crippen LogP contribution in [0.5, 0.6) is 0 Å². The second-order valence-electron chi connectivity index (χ2n) is 5.94. The van der Waals surface area contributed by atoms with E-state index < -0.39 is 23.6 Å². The Morgan fingerprint density at radius 1 is 1.04 bits per heavy atom. The van der Waals surface area contributed by atoms with Gasteiger partial charge in [-0.2, -0.15) is 0 Å². The Morgan fingerprint density at radius 2 is 1.78 bits per heavy atom. The van der Waals surface area contributed by atoms with Crippen LogP contribution in [0.15, 0.2) is 67.1 Å². The van der Waals surface area contributed by atoms with Gasteiger partial charge in [0.1, 0.15) is 6.04 Å². The van der Waals surface area contributed by atoms with E-state index >= 15 is 0 Å². The zero-order valence-electron chi connectivity index (χ0n) is 14.4. The van der Waals surface area contributed by atoms with Crippen LogP contribution in [0.25, 0.3) is 11.3 Å². The van der Waals surface area contributed by atoms with Gasteiger partial charge in [0.15, 0.2) is 0 Å². The second kappa shape index (κ2) is 8.09. The van der Waals surface area contributed by atoms with Crippen LogP contribution in [-0.4, -0.2) is 33.6 Å². The van der Waals surface area contributed by atoms with Crippen LogP contribution < -0.4 is 11.1 Å². The predicted octanol–water partition coefficient (Wildman–Crippen LogP) is 1.47. The number of hydrogen-bond acceptors (Lipinski definition) is 4. The quantitative estimate of drug-likeness (QED) is 0.552. The van der Waals surface area contributed by atoms with Crippen LogP contribution in [0.4, 0.5) is 0 Å². The Hall–Kier alpha value is -3.74. The maximum atomic E-state index is 12.8. The van der Waals surface area contributed by atoms with Crippen molar-refractivity contribution in [3.63, 3.8) is 0 Å². The summed E-state index contributed by atoms with van der Waals surface area (Å²) in [5.74, 6) is -2.43. The number of primary amides is 1. The number of amides is 2. The fraction of sp³-hybridized carbons (Fsp3) is 0.100. The summed E-state index contributed by atoms with van der Waals surface area (Å²) in [6.45, 7) is 0. The molecule has 4 N–H and O–H groups in total. The molecule has 27 heavy (non-hydrogen) atoms. The van der Waals surface area contributed by atoms with Gasteiger partial charge in [-0.15, -0.1) is 0 Å². The summed E-state index contributed by atoms with van der Waals surface area (Å²) in [7, 11) is 0. The van der Waals surface area contributed by atoms with Crippen LogP contribution in [-0.2, 0) is 16.0 Å². The average molecular weight is 362 g/mol. The van der Waals surface area contributed by atoms with Crippen molar-refractivity contribution < 1.29 is 14.4 Å². The molecule has 0 aliphatic carbocycles. The molecule has 1 aromatic carbocycles. The average Bonchev–Trinajstić information content (AvgIpc) is 3.18. The standard InChI is InChI=1S/C20H18N4O3/c21-19(26)18(25)17(10-13-6-2-1-3-7-13)24-20(27)15-12-22-11-14(15)16-8-4-5-9-23-16/h1-9,11-12,17,22H,10H2,(H2,21,26)(H,24,27). The zero-order valence-corrected chi connectivity index (χ0v) is 14.4. The van der Waals surface area contributed by atoms with Gasteiger partial charge in [-0.1, -0.05) is 36.4 Å². The molecule has 0 saturated carbocycles. The van der Waals surface area contributed by atoms with Crippen molar-refractivity contribution in [3.8, 4) is 11.3 Å². The van der Waals surface area contributed by atoms with Gasteiger partial charge in [-0.05, 0) is 17.7 Å². The molecule has 136 valence electrons. The van der Waals surface area contributed by atoms with Crippen molar-refractivity contribution in [2.75, 3.05) is 0 Å². The Morgan fingerprint density at radius 3 is 2.44 bits per heavy atom. The Labute approximate surface area is 155 Å². The fourth-order valence-electron chi connectivity index (χ4n) is 2.75. The van der Waals surface area contributed by atoms with Gasteiger partial charge in [0.25, 0.3) is 11.8 Å². The molecule has 3 rings (SSSR count). The van der Waals surface area contributed by atoms with Gasteiger partial charge in [0, 0.05) is 30.6 Å². The highest BCUT2D eigenvalue weighted by molar-refractivity contribution is 6.38. The topological polar surface area (TPSA) is 118 Å². The molecule has 2 amide bonds. The number of nitrogens with zero attached hydrogens (tertiary/aromatic N) is 1. The zero-order chi connectivity index (χ0) is 19.2. The third-order valence-corrected chi connectivity index (χ3v) is 4.08. The van der Waals surface area contributed by atoms with Gasteiger partial charge in [-0.25, -0.2) is 0 Å². The van der Waals surface area contributed by atoms with Crippen LogP contribution in [0, 0.1) is 0 Å². The first kappa shape index (κ1) is 18.1. The Kier molecular flexibility index (Phi) is 5.41. The fourth-order valence-corrected chi connectivity index (χ4v) is 2.75. The number of nitrogens with one attached hydrogen (secondary N) is 2. The summed E-state index contributed by atoms with van der Waals surface area (Å²) >= 11 is 0. The van der Waals surface area contributed by atoms with Crippen molar-refractivity contribution in [3.05, 3.63) is 78.2 Å². The van der Waals surface area contributed by atoms with E-state index in [4.69, 9.17) is 5.73 Å². The first-order valence-corrected chi connectivity index (χ1v) is 8.33. The minimum absolute atomic E-state index is 0.164. The van der Waals surface area contributed by atoms with Crippen LogP contribution in [0.1, 0.15) is 15.9 Å². The van der Waals surface area contributed by atoms with Crippen molar-refractivity contribution in [1.82, 2.24) is 15.3 Å². The molecule has 7 nitrogen and oxygen atoms in total. The lowest BCUT2D eigenvalue weighted by atomic mass is 10.0. The molecule has 2 heterocycles. The molecular weight excluding hydrogens is 344 g/mol. The Balaban J connectivity index is 1.84. The summed E-state index contributed by atoms with van der Waals surface area (Å²) in [6.07, 6.45) is 4.96. The number of carbonyl (C=O) groups is 3. The van der Waals surface area contributed by atoms with Crippen molar-refractivity contribution in [1.29, 1.82) is 0 Å². The first-order chi connectivity index (χ1) is 13.1. The maximum absolute atomic E-state index is 12.8. The molecule has 0 radical (unpaired) electrons. The third kappa shape index (κ3) is 4.27. The SMILES string of the molecule is NC(=O)C(=O)C(Cc1ccccc1)NC(=O)c1c[nH]cc1-c1ccccn1. The number of carbonyl (C=O) groups excluding carboxylic acids is 3. The lowest BCUT2D eigenvalue weighted by Gasteiger charge is -2.16. The molecule has 1 unspecified atom stereocenters. The predicted molar refractivity (Wildman–Crippen MR) is 99.6 cm³/mol. The number of aromatic nitrogens is 2. The molecule has 1 atom stereocenters. The summed E-state index contributed by atoms with van der Waals surface area (Å²) < 4.78 is 0. The van der Waals surface area contributed by atoms with Crippen molar-refractivity contribution in [2.24, 2.45) is 5.73 Å². The van der Waals surface area contributed by atoms with Gasteiger partial charge in [0.05, 0.1) is 11.3 Å². The highest BCUT2D eigenvalue weighted by atomic mass is 16.2. The second-order valence-corrected chi connectivity index (χ2v) is 5.94. The molecule has 0 aliphatic rings. The van der Waals surface area contributed by atoms with Crippen molar-refractivity contribution >= 4 is 17.6 Å². The minimum atomic E-state index is -1.09. The molecule has 0 fully saturated rings. The minimum Gasteiger partial charge on any atom is -0.366 e. The molecule has 2 aromatic heterocycles. The highest BCUT2D eigenvalue weighted by Gasteiger charge is 2.27. The normalized spacial score (nSPS) is 11.6. The largest absolute Gasteiger partial charge is 0.366 e. The molecule has 7 heteroatoms. The van der Waals surface area contributed by atoms with Crippen molar-refractivity contribution in [2.45, 2.75) is 12.5 Å². The summed E-state index contributed by atoms with van der Waals surface area (Å²) in [4.78, 5) is 43.5. The Bertz CT molecular complexity index is 952. The number of pyridine rings is 1. The number of H-pyrrole nitrogens is 1. The van der Waals surface area contributed by atoms with Gasteiger partial charge in [-0.3, -0.25) is 19.4 Å². The number of nitrogens with two attached hydrogens (primary N) is 1. The van der Waals surface area contributed by atoms with E-state index in [1.807, 2.05) is 36.4 Å². The molecule has 0 spiro atoms. The van der Waals surface area contributed by atoms with Gasteiger partial charge in [0.2, 0.25) is 5.78 Å². The lowest BCUT2D eigenvalue weighted by Crippen LogP contribution is -2.47. The van der Waals surface area contributed by atoms with E-state index in [-0.39, 0.29) is 6.42 Å². The number of aromatic amines is 1. The molecular formula is C20H18N4O3. The van der Waals surface area contributed by atoms with E-state index in [0.717, 1.165) is 5.56 Å². The van der Waals surface area contributed by atoms with Gasteiger partial charge < -0.3 is 16.0 Å². The van der Waals surface area contributed by atoms with Crippen LogP contribution in [0.3, 0.4) is 0 Å². The number of benzene rings is 1. The number of Topliss-reactive ketones (excluding diaryl/α,β-unsaturated/α-hetero) is 1. The summed E-state index contributed by atoms with van der Waals surface area (Å²) in [6, 6.07) is 13.4. The number of hydrogen-bond donors (Lipinski definition) is 3. The van der Waals surface area contributed by atoms with E-state index in [1.165, 1.54) is 6.20 Å². The first-order valence-electron chi connectivity index (χ1n) is 8.33. The van der Waals surface area contributed by atoms with E-state index in [2.05, 4.69) is 15.3 Å². The third-order valence-electron chi connectivity index (χ3n) is 4.08. The van der Waals surface area contributed by atoms with E-state index in [1.54, 1.807) is 24.5 Å². The monoisotopic (exact) mass is 362 g/mol.